The topological polar surface area (TPSA) is 30.7 Å². The highest BCUT2D eigenvalue weighted by Crippen LogP contribution is 2.13. The van der Waals surface area contributed by atoms with Crippen LogP contribution >= 0.6 is 11.6 Å². The predicted octanol–water partition coefficient (Wildman–Crippen LogP) is 2.54. The Hall–Kier alpha value is -1.35. The number of hydrogen-bond acceptors (Lipinski definition) is 2. The van der Waals surface area contributed by atoms with E-state index in [-0.39, 0.29) is 0 Å². The number of rotatable bonds is 1. The lowest BCUT2D eigenvalue weighted by atomic mass is 10.5. The van der Waals surface area contributed by atoms with Crippen molar-refractivity contribution in [3.8, 4) is 5.95 Å². The van der Waals surface area contributed by atoms with Gasteiger partial charge in [0, 0.05) is 17.6 Å². The fraction of sp³-hybridized carbons (Fsp3) is 0.200. The Labute approximate surface area is 87.4 Å². The lowest BCUT2D eigenvalue weighted by Crippen LogP contribution is -2.03. The van der Waals surface area contributed by atoms with Crippen molar-refractivity contribution < 1.29 is 0 Å². The number of halogens is 1. The summed E-state index contributed by atoms with van der Waals surface area (Å²) < 4.78 is 1.96. The van der Waals surface area contributed by atoms with E-state index in [2.05, 4.69) is 9.97 Å². The van der Waals surface area contributed by atoms with Gasteiger partial charge in [-0.1, -0.05) is 11.6 Å². The molecular formula is C10H10ClN3. The smallest absolute Gasteiger partial charge is 0.235 e. The molecule has 2 heterocycles. The lowest BCUT2D eigenvalue weighted by molar-refractivity contribution is 0.872. The molecule has 0 bridgehead atoms. The minimum Gasteiger partial charge on any atom is -0.287 e. The van der Waals surface area contributed by atoms with Crippen LogP contribution in [0, 0.1) is 13.8 Å². The molecule has 14 heavy (non-hydrogen) atoms. The van der Waals surface area contributed by atoms with Crippen molar-refractivity contribution in [2.45, 2.75) is 13.8 Å². The van der Waals surface area contributed by atoms with Crippen molar-refractivity contribution in [1.82, 2.24) is 14.5 Å². The maximum atomic E-state index is 5.80. The summed E-state index contributed by atoms with van der Waals surface area (Å²) in [6.07, 6.45) is 1.66. The first-order valence-corrected chi connectivity index (χ1v) is 4.70. The second-order valence-electron chi connectivity index (χ2n) is 3.13. The molecule has 0 amide bonds. The van der Waals surface area contributed by atoms with Gasteiger partial charge in [0.1, 0.15) is 5.15 Å². The Morgan fingerprint density at radius 1 is 1.14 bits per heavy atom. The molecule has 0 fully saturated rings. The third-order valence-corrected chi connectivity index (χ3v) is 2.29. The number of nitrogens with zero attached hydrogens (tertiary/aromatic N) is 3. The third kappa shape index (κ3) is 1.51. The first kappa shape index (κ1) is 9.21. The van der Waals surface area contributed by atoms with Crippen LogP contribution in [0.3, 0.4) is 0 Å². The van der Waals surface area contributed by atoms with Gasteiger partial charge >= 0.3 is 0 Å². The van der Waals surface area contributed by atoms with Gasteiger partial charge in [0.05, 0.1) is 0 Å². The van der Waals surface area contributed by atoms with Gasteiger partial charge in [-0.2, -0.15) is 0 Å². The van der Waals surface area contributed by atoms with Gasteiger partial charge in [-0.25, -0.2) is 9.97 Å². The van der Waals surface area contributed by atoms with Crippen LogP contribution in [-0.4, -0.2) is 14.5 Å². The van der Waals surface area contributed by atoms with E-state index in [0.29, 0.717) is 11.1 Å². The van der Waals surface area contributed by atoms with Crippen LogP contribution in [0.5, 0.6) is 0 Å². The molecule has 0 atom stereocenters. The molecule has 72 valence electrons. The summed E-state index contributed by atoms with van der Waals surface area (Å²) in [5.74, 6) is 0.623. The van der Waals surface area contributed by atoms with E-state index in [1.165, 1.54) is 0 Å². The van der Waals surface area contributed by atoms with Crippen LogP contribution in [0.1, 0.15) is 11.4 Å². The molecule has 0 radical (unpaired) electrons. The van der Waals surface area contributed by atoms with E-state index in [1.807, 2.05) is 30.5 Å². The number of aryl methyl sites for hydroxylation is 2. The number of hydrogen-bond donors (Lipinski definition) is 0. The van der Waals surface area contributed by atoms with Crippen molar-refractivity contribution in [1.29, 1.82) is 0 Å². The second-order valence-corrected chi connectivity index (χ2v) is 3.52. The van der Waals surface area contributed by atoms with E-state index in [4.69, 9.17) is 11.6 Å². The van der Waals surface area contributed by atoms with Gasteiger partial charge in [-0.05, 0) is 32.0 Å². The number of aromatic nitrogens is 3. The molecule has 0 aromatic carbocycles. The van der Waals surface area contributed by atoms with Gasteiger partial charge in [0.25, 0.3) is 0 Å². The highest BCUT2D eigenvalue weighted by molar-refractivity contribution is 6.29. The summed E-state index contributed by atoms with van der Waals surface area (Å²) in [6, 6.07) is 5.72. The average molecular weight is 208 g/mol. The van der Waals surface area contributed by atoms with Crippen molar-refractivity contribution in [3.63, 3.8) is 0 Å². The van der Waals surface area contributed by atoms with Crippen molar-refractivity contribution in [2.75, 3.05) is 0 Å². The minimum absolute atomic E-state index is 0.461. The summed E-state index contributed by atoms with van der Waals surface area (Å²) in [5, 5.41) is 0.461. The average Bonchev–Trinajstić information content (AvgIpc) is 2.46. The molecule has 0 aliphatic heterocycles. The highest BCUT2D eigenvalue weighted by Gasteiger charge is 2.06. The van der Waals surface area contributed by atoms with Gasteiger partial charge in [-0.15, -0.1) is 0 Å². The molecule has 0 spiro atoms. The summed E-state index contributed by atoms with van der Waals surface area (Å²) in [6.45, 7) is 4.02. The first-order chi connectivity index (χ1) is 6.68. The molecule has 2 rings (SSSR count). The van der Waals surface area contributed by atoms with E-state index >= 15 is 0 Å². The van der Waals surface area contributed by atoms with Gasteiger partial charge < -0.3 is 0 Å². The second kappa shape index (κ2) is 3.42. The Morgan fingerprint density at radius 2 is 1.79 bits per heavy atom. The van der Waals surface area contributed by atoms with E-state index in [9.17, 15) is 0 Å². The van der Waals surface area contributed by atoms with Crippen LogP contribution in [0.2, 0.25) is 5.15 Å². The SMILES string of the molecule is Cc1ccc(C)n1-c1nccc(Cl)n1. The summed E-state index contributed by atoms with van der Waals surface area (Å²) in [7, 11) is 0. The Balaban J connectivity index is 2.59. The van der Waals surface area contributed by atoms with Gasteiger partial charge in [0.15, 0.2) is 0 Å². The monoisotopic (exact) mass is 207 g/mol. The van der Waals surface area contributed by atoms with Crippen LogP contribution in [-0.2, 0) is 0 Å². The minimum atomic E-state index is 0.461. The Bertz CT molecular complexity index is 443. The van der Waals surface area contributed by atoms with E-state index in [1.54, 1.807) is 12.3 Å². The maximum absolute atomic E-state index is 5.80. The van der Waals surface area contributed by atoms with E-state index < -0.39 is 0 Å². The standard InChI is InChI=1S/C10H10ClN3/c1-7-3-4-8(2)14(7)10-12-6-5-9(11)13-10/h3-6H,1-2H3. The van der Waals surface area contributed by atoms with Crippen molar-refractivity contribution in [3.05, 3.63) is 40.9 Å². The third-order valence-electron chi connectivity index (χ3n) is 2.08. The molecule has 0 aliphatic rings. The lowest BCUT2D eigenvalue weighted by Gasteiger charge is -2.06. The molecular weight excluding hydrogens is 198 g/mol. The quantitative estimate of drug-likeness (QED) is 0.673. The van der Waals surface area contributed by atoms with Crippen LogP contribution in [0.4, 0.5) is 0 Å². The van der Waals surface area contributed by atoms with Crippen molar-refractivity contribution >= 4 is 11.6 Å². The molecule has 0 saturated carbocycles. The maximum Gasteiger partial charge on any atom is 0.235 e. The van der Waals surface area contributed by atoms with E-state index in [0.717, 1.165) is 11.4 Å². The normalized spacial score (nSPS) is 10.5. The summed E-state index contributed by atoms with van der Waals surface area (Å²) in [4.78, 5) is 8.33. The zero-order chi connectivity index (χ0) is 10.1. The molecule has 2 aromatic heterocycles. The molecule has 4 heteroatoms. The molecule has 2 aromatic rings. The molecule has 0 saturated heterocycles. The van der Waals surface area contributed by atoms with Crippen molar-refractivity contribution in [2.24, 2.45) is 0 Å². The fourth-order valence-corrected chi connectivity index (χ4v) is 1.55. The van der Waals surface area contributed by atoms with Crippen LogP contribution in [0.25, 0.3) is 5.95 Å². The van der Waals surface area contributed by atoms with Crippen LogP contribution < -0.4 is 0 Å². The first-order valence-electron chi connectivity index (χ1n) is 4.32. The zero-order valence-corrected chi connectivity index (χ0v) is 8.78. The molecule has 0 aliphatic carbocycles. The summed E-state index contributed by atoms with van der Waals surface area (Å²) in [5.41, 5.74) is 2.20. The largest absolute Gasteiger partial charge is 0.287 e. The molecule has 0 unspecified atom stereocenters. The van der Waals surface area contributed by atoms with Crippen LogP contribution in [0.15, 0.2) is 24.4 Å². The van der Waals surface area contributed by atoms with Gasteiger partial charge in [-0.3, -0.25) is 4.57 Å². The highest BCUT2D eigenvalue weighted by atomic mass is 35.5. The predicted molar refractivity (Wildman–Crippen MR) is 55.8 cm³/mol. The Kier molecular flexibility index (Phi) is 2.25. The molecule has 3 nitrogen and oxygen atoms in total. The zero-order valence-electron chi connectivity index (χ0n) is 8.03. The molecule has 0 N–H and O–H groups in total. The fourth-order valence-electron chi connectivity index (χ4n) is 1.42. The summed E-state index contributed by atoms with van der Waals surface area (Å²) >= 11 is 5.80. The Morgan fingerprint density at radius 3 is 2.36 bits per heavy atom. The van der Waals surface area contributed by atoms with Gasteiger partial charge in [0.2, 0.25) is 5.95 Å².